The molecule has 36 heavy (non-hydrogen) atoms. The van der Waals surface area contributed by atoms with E-state index in [0.717, 1.165) is 25.7 Å². The second-order valence-electron chi connectivity index (χ2n) is 8.54. The zero-order chi connectivity index (χ0) is 25.2. The number of hydrogen-bond donors (Lipinski definition) is 3. The number of benzene rings is 2. The number of nitrogens with one attached hydrogen (secondary N) is 1. The Balaban J connectivity index is 0.00000456. The van der Waals surface area contributed by atoms with Crippen LogP contribution in [0.4, 0.5) is 5.69 Å². The van der Waals surface area contributed by atoms with E-state index in [-0.39, 0.29) is 35.8 Å². The first-order valence-corrected chi connectivity index (χ1v) is 11.9. The van der Waals surface area contributed by atoms with Crippen molar-refractivity contribution in [3.63, 3.8) is 0 Å². The number of nitrogens with zero attached hydrogens (tertiary/aromatic N) is 1. The number of carbonyl (C=O) groups is 3. The molecule has 1 aliphatic rings. The van der Waals surface area contributed by atoms with E-state index in [4.69, 9.17) is 20.3 Å². The zero-order valence-electron chi connectivity index (χ0n) is 20.4. The van der Waals surface area contributed by atoms with Gasteiger partial charge in [-0.05, 0) is 56.1 Å². The van der Waals surface area contributed by atoms with Gasteiger partial charge in [-0.3, -0.25) is 9.59 Å². The maximum Gasteiger partial charge on any atom is 0.341 e. The summed E-state index contributed by atoms with van der Waals surface area (Å²) in [5, 5.41) is 11.8. The van der Waals surface area contributed by atoms with Crippen molar-refractivity contribution in [3.05, 3.63) is 53.6 Å². The molecule has 0 aliphatic heterocycles. The van der Waals surface area contributed by atoms with Crippen molar-refractivity contribution in [2.45, 2.75) is 44.6 Å². The van der Waals surface area contributed by atoms with Gasteiger partial charge in [0.1, 0.15) is 11.5 Å². The second kappa shape index (κ2) is 14.3. The van der Waals surface area contributed by atoms with E-state index in [2.05, 4.69) is 5.32 Å². The molecular weight excluding hydrogens is 486 g/mol. The Kier molecular flexibility index (Phi) is 11.5. The lowest BCUT2D eigenvalue weighted by Gasteiger charge is -2.31. The van der Waals surface area contributed by atoms with Gasteiger partial charge in [-0.15, -0.1) is 12.4 Å². The van der Waals surface area contributed by atoms with E-state index < -0.39 is 18.5 Å². The molecular formula is C26H34ClN3O6. The highest BCUT2D eigenvalue weighted by atomic mass is 35.5. The number of anilines is 1. The number of hydrogen-bond acceptors (Lipinski definition) is 6. The summed E-state index contributed by atoms with van der Waals surface area (Å²) in [6.45, 7) is 0.233. The maximum atomic E-state index is 13.1. The average Bonchev–Trinajstić information content (AvgIpc) is 2.88. The molecule has 0 bridgehead atoms. The summed E-state index contributed by atoms with van der Waals surface area (Å²) in [5.41, 5.74) is 6.44. The van der Waals surface area contributed by atoms with Gasteiger partial charge >= 0.3 is 5.97 Å². The number of carbonyl (C=O) groups excluding carboxylic acids is 2. The number of rotatable bonds is 11. The van der Waals surface area contributed by atoms with Crippen LogP contribution >= 0.6 is 12.4 Å². The van der Waals surface area contributed by atoms with Crippen LogP contribution in [0.3, 0.4) is 0 Å². The molecule has 0 unspecified atom stereocenters. The lowest BCUT2D eigenvalue weighted by Crippen LogP contribution is -2.38. The number of para-hydroxylation sites is 1. The fourth-order valence-corrected chi connectivity index (χ4v) is 4.09. The van der Waals surface area contributed by atoms with Gasteiger partial charge in [-0.1, -0.05) is 31.4 Å². The summed E-state index contributed by atoms with van der Waals surface area (Å²) in [5.74, 6) is -1.28. The SMILES string of the molecule is CN(C(=O)c1ccc(NC(=O)c2ccccc2OCCCN)c(OCC(=O)O)c1)C1CCCCC1.Cl. The van der Waals surface area contributed by atoms with Crippen LogP contribution in [0.25, 0.3) is 0 Å². The molecule has 196 valence electrons. The minimum absolute atomic E-state index is 0. The monoisotopic (exact) mass is 519 g/mol. The molecule has 9 nitrogen and oxygen atoms in total. The average molecular weight is 520 g/mol. The summed E-state index contributed by atoms with van der Waals surface area (Å²) in [4.78, 5) is 39.0. The third-order valence-electron chi connectivity index (χ3n) is 6.01. The normalized spacial score (nSPS) is 13.3. The van der Waals surface area contributed by atoms with Crippen LogP contribution in [0.15, 0.2) is 42.5 Å². The van der Waals surface area contributed by atoms with Crippen molar-refractivity contribution >= 4 is 35.9 Å². The quantitative estimate of drug-likeness (QED) is 0.383. The first-order chi connectivity index (χ1) is 16.9. The van der Waals surface area contributed by atoms with E-state index in [1.54, 1.807) is 48.3 Å². The van der Waals surface area contributed by atoms with Crippen LogP contribution in [0.5, 0.6) is 11.5 Å². The third kappa shape index (κ3) is 7.86. The molecule has 0 heterocycles. The molecule has 3 rings (SSSR count). The number of aliphatic carboxylic acids is 1. The van der Waals surface area contributed by atoms with Gasteiger partial charge in [0, 0.05) is 18.7 Å². The Morgan fingerprint density at radius 3 is 2.47 bits per heavy atom. The molecule has 0 radical (unpaired) electrons. The smallest absolute Gasteiger partial charge is 0.341 e. The Bertz CT molecular complexity index is 1040. The van der Waals surface area contributed by atoms with Crippen molar-refractivity contribution in [2.24, 2.45) is 5.73 Å². The van der Waals surface area contributed by atoms with Crippen LogP contribution in [-0.2, 0) is 4.79 Å². The number of ether oxygens (including phenoxy) is 2. The van der Waals surface area contributed by atoms with Gasteiger partial charge in [0.2, 0.25) is 0 Å². The van der Waals surface area contributed by atoms with Crippen molar-refractivity contribution in [2.75, 3.05) is 32.1 Å². The highest BCUT2D eigenvalue weighted by Crippen LogP contribution is 2.30. The van der Waals surface area contributed by atoms with Crippen LogP contribution in [0.2, 0.25) is 0 Å². The first kappa shape index (κ1) is 28.9. The van der Waals surface area contributed by atoms with Crippen molar-refractivity contribution in [3.8, 4) is 11.5 Å². The molecule has 1 saturated carbocycles. The molecule has 0 aromatic heterocycles. The minimum Gasteiger partial charge on any atom is -0.493 e. The molecule has 1 aliphatic carbocycles. The summed E-state index contributed by atoms with van der Waals surface area (Å²) >= 11 is 0. The highest BCUT2D eigenvalue weighted by Gasteiger charge is 2.24. The van der Waals surface area contributed by atoms with Crippen molar-refractivity contribution < 1.29 is 29.0 Å². The summed E-state index contributed by atoms with van der Waals surface area (Å²) in [7, 11) is 1.79. The van der Waals surface area contributed by atoms with Crippen LogP contribution < -0.4 is 20.5 Å². The Labute approximate surface area is 217 Å². The Morgan fingerprint density at radius 2 is 1.78 bits per heavy atom. The molecule has 2 aromatic rings. The number of carboxylic acid groups (broad SMARTS) is 1. The van der Waals surface area contributed by atoms with Gasteiger partial charge in [0.15, 0.2) is 6.61 Å². The standard InChI is InChI=1S/C26H33N3O6.ClH/c1-29(19-8-3-2-4-9-19)26(33)18-12-13-21(23(16-18)35-17-24(30)31)28-25(32)20-10-5-6-11-22(20)34-15-7-14-27;/h5-6,10-13,16,19H,2-4,7-9,14-15,17,27H2,1H3,(H,28,32)(H,30,31);1H. The van der Waals surface area contributed by atoms with E-state index >= 15 is 0 Å². The van der Waals surface area contributed by atoms with E-state index in [1.165, 1.54) is 12.5 Å². The van der Waals surface area contributed by atoms with Gasteiger partial charge in [0.25, 0.3) is 11.8 Å². The van der Waals surface area contributed by atoms with Crippen LogP contribution in [0.1, 0.15) is 59.2 Å². The number of halogens is 1. The van der Waals surface area contributed by atoms with Crippen molar-refractivity contribution in [1.82, 2.24) is 4.90 Å². The van der Waals surface area contributed by atoms with E-state index in [0.29, 0.717) is 36.4 Å². The second-order valence-corrected chi connectivity index (χ2v) is 8.54. The predicted molar refractivity (Wildman–Crippen MR) is 139 cm³/mol. The summed E-state index contributed by atoms with van der Waals surface area (Å²) < 4.78 is 11.1. The predicted octanol–water partition coefficient (Wildman–Crippen LogP) is 3.96. The van der Waals surface area contributed by atoms with Gasteiger partial charge in [-0.2, -0.15) is 0 Å². The Morgan fingerprint density at radius 1 is 1.06 bits per heavy atom. The molecule has 2 aromatic carbocycles. The molecule has 10 heteroatoms. The zero-order valence-corrected chi connectivity index (χ0v) is 21.2. The first-order valence-electron chi connectivity index (χ1n) is 11.9. The maximum absolute atomic E-state index is 13.1. The molecule has 0 spiro atoms. The highest BCUT2D eigenvalue weighted by molar-refractivity contribution is 6.07. The summed E-state index contributed by atoms with van der Waals surface area (Å²) in [6, 6.07) is 11.6. The molecule has 0 saturated heterocycles. The van der Waals surface area contributed by atoms with Gasteiger partial charge in [0.05, 0.1) is 17.9 Å². The summed E-state index contributed by atoms with van der Waals surface area (Å²) in [6.07, 6.45) is 5.95. The van der Waals surface area contributed by atoms with Gasteiger partial charge in [-0.25, -0.2) is 4.79 Å². The minimum atomic E-state index is -1.17. The third-order valence-corrected chi connectivity index (χ3v) is 6.01. The fourth-order valence-electron chi connectivity index (χ4n) is 4.09. The van der Waals surface area contributed by atoms with E-state index in [1.807, 2.05) is 0 Å². The largest absolute Gasteiger partial charge is 0.493 e. The lowest BCUT2D eigenvalue weighted by atomic mass is 9.94. The van der Waals surface area contributed by atoms with Gasteiger partial charge < -0.3 is 30.5 Å². The molecule has 0 atom stereocenters. The lowest BCUT2D eigenvalue weighted by molar-refractivity contribution is -0.139. The van der Waals surface area contributed by atoms with Crippen molar-refractivity contribution in [1.29, 1.82) is 0 Å². The number of amides is 2. The van der Waals surface area contributed by atoms with E-state index in [9.17, 15) is 14.4 Å². The molecule has 1 fully saturated rings. The molecule has 2 amide bonds. The number of nitrogens with two attached hydrogens (primary N) is 1. The van der Waals surface area contributed by atoms with Crippen LogP contribution in [-0.4, -0.2) is 60.6 Å². The van der Waals surface area contributed by atoms with Crippen LogP contribution in [0, 0.1) is 0 Å². The fraction of sp³-hybridized carbons (Fsp3) is 0.423. The molecule has 4 N–H and O–H groups in total. The number of carboxylic acids is 1. The Hall–Kier alpha value is -3.30. The topological polar surface area (TPSA) is 131 Å².